The molecule has 25 heavy (non-hydrogen) atoms. The number of hydrazine groups is 1. The Morgan fingerprint density at radius 2 is 2.24 bits per heavy atom. The van der Waals surface area contributed by atoms with E-state index in [0.29, 0.717) is 12.0 Å². The van der Waals surface area contributed by atoms with Gasteiger partial charge < -0.3 is 10.3 Å². The summed E-state index contributed by atoms with van der Waals surface area (Å²) in [6, 6.07) is 8.19. The number of hydrogen-bond donors (Lipinski definition) is 4. The summed E-state index contributed by atoms with van der Waals surface area (Å²) in [6.45, 7) is 0. The zero-order chi connectivity index (χ0) is 17.2. The molecule has 4 N–H and O–H groups in total. The Balaban J connectivity index is 1.51. The molecule has 2 heterocycles. The first kappa shape index (κ1) is 16.9. The average Bonchev–Trinajstić information content (AvgIpc) is 3.32. The van der Waals surface area contributed by atoms with Gasteiger partial charge in [-0.3, -0.25) is 10.2 Å². The molecule has 1 saturated heterocycles. The number of rotatable bonds is 6. The number of carbonyl (C=O) groups excluding carboxylic acids is 1. The van der Waals surface area contributed by atoms with Crippen molar-refractivity contribution < 1.29 is 4.79 Å². The molecule has 2 aromatic rings. The van der Waals surface area contributed by atoms with E-state index in [1.165, 1.54) is 6.42 Å². The standard InChI is InChI=1S/C18H25N5OS/c1-25-10-9-15(17-19-13-6-2-3-7-14(13)20-17)21-18(24)16-11-5-4-8-12(11)22-23-16/h2-3,6-7,11-12,15-16,22-23H,4-5,8-10H2,1H3,(H,19,20)(H,21,24). The van der Waals surface area contributed by atoms with Crippen LogP contribution in [-0.4, -0.2) is 40.0 Å². The molecule has 1 saturated carbocycles. The normalized spacial score (nSPS) is 26.7. The summed E-state index contributed by atoms with van der Waals surface area (Å²) >= 11 is 1.79. The fourth-order valence-electron chi connectivity index (χ4n) is 4.04. The van der Waals surface area contributed by atoms with Crippen molar-refractivity contribution in [1.29, 1.82) is 0 Å². The maximum atomic E-state index is 12.9. The Morgan fingerprint density at radius 1 is 1.36 bits per heavy atom. The van der Waals surface area contributed by atoms with Crippen molar-refractivity contribution in [1.82, 2.24) is 26.1 Å². The van der Waals surface area contributed by atoms with Gasteiger partial charge in [0.25, 0.3) is 0 Å². The Kier molecular flexibility index (Phi) is 4.96. The minimum absolute atomic E-state index is 0.0773. The van der Waals surface area contributed by atoms with Crippen LogP contribution < -0.4 is 16.2 Å². The van der Waals surface area contributed by atoms with Gasteiger partial charge in [0.1, 0.15) is 11.9 Å². The van der Waals surface area contributed by atoms with Crippen LogP contribution in [0.15, 0.2) is 24.3 Å². The summed E-state index contributed by atoms with van der Waals surface area (Å²) in [5.41, 5.74) is 8.44. The smallest absolute Gasteiger partial charge is 0.239 e. The third kappa shape index (κ3) is 3.41. The van der Waals surface area contributed by atoms with Crippen molar-refractivity contribution >= 4 is 28.7 Å². The fourth-order valence-corrected chi connectivity index (χ4v) is 4.51. The third-order valence-corrected chi connectivity index (χ3v) is 6.01. The van der Waals surface area contributed by atoms with Gasteiger partial charge >= 0.3 is 0 Å². The van der Waals surface area contributed by atoms with Crippen LogP contribution in [0.3, 0.4) is 0 Å². The lowest BCUT2D eigenvalue weighted by Crippen LogP contribution is -2.47. The van der Waals surface area contributed by atoms with Crippen molar-refractivity contribution in [2.45, 2.75) is 43.8 Å². The summed E-state index contributed by atoms with van der Waals surface area (Å²) in [5, 5.41) is 3.24. The Hall–Kier alpha value is -1.57. The molecule has 4 rings (SSSR count). The van der Waals surface area contributed by atoms with Crippen LogP contribution in [0.1, 0.15) is 37.5 Å². The summed E-state index contributed by atoms with van der Waals surface area (Å²) in [4.78, 5) is 21.0. The second-order valence-electron chi connectivity index (χ2n) is 6.95. The van der Waals surface area contributed by atoms with Crippen LogP contribution in [-0.2, 0) is 4.79 Å². The number of aromatic nitrogens is 2. The van der Waals surface area contributed by atoms with Crippen LogP contribution in [0.4, 0.5) is 0 Å². The molecule has 6 nitrogen and oxygen atoms in total. The molecule has 4 unspecified atom stereocenters. The van der Waals surface area contributed by atoms with Gasteiger partial charge in [0.2, 0.25) is 5.91 Å². The number of amides is 1. The zero-order valence-electron chi connectivity index (χ0n) is 14.4. The zero-order valence-corrected chi connectivity index (χ0v) is 15.2. The highest BCUT2D eigenvalue weighted by Gasteiger charge is 2.43. The first-order valence-electron chi connectivity index (χ1n) is 9.01. The number of para-hydroxylation sites is 2. The molecule has 2 aliphatic rings. The third-order valence-electron chi connectivity index (χ3n) is 5.37. The molecule has 4 atom stereocenters. The van der Waals surface area contributed by atoms with Crippen LogP contribution in [0.25, 0.3) is 11.0 Å². The van der Waals surface area contributed by atoms with Crippen LogP contribution in [0.5, 0.6) is 0 Å². The Labute approximate surface area is 151 Å². The van der Waals surface area contributed by atoms with E-state index in [-0.39, 0.29) is 18.0 Å². The quantitative estimate of drug-likeness (QED) is 0.635. The van der Waals surface area contributed by atoms with Crippen LogP contribution in [0, 0.1) is 5.92 Å². The first-order chi connectivity index (χ1) is 12.3. The van der Waals surface area contributed by atoms with Gasteiger partial charge in [-0.25, -0.2) is 10.4 Å². The van der Waals surface area contributed by atoms with Gasteiger partial charge in [-0.1, -0.05) is 18.6 Å². The van der Waals surface area contributed by atoms with Crippen LogP contribution in [0.2, 0.25) is 0 Å². The minimum atomic E-state index is -0.145. The fraction of sp³-hybridized carbons (Fsp3) is 0.556. The van der Waals surface area contributed by atoms with E-state index in [4.69, 9.17) is 4.98 Å². The molecule has 134 valence electrons. The van der Waals surface area contributed by atoms with Crippen molar-refractivity contribution in [2.75, 3.05) is 12.0 Å². The summed E-state index contributed by atoms with van der Waals surface area (Å²) < 4.78 is 0. The molecule has 1 aromatic heterocycles. The lowest BCUT2D eigenvalue weighted by atomic mass is 9.96. The van der Waals surface area contributed by atoms with E-state index in [2.05, 4.69) is 27.4 Å². The summed E-state index contributed by atoms with van der Waals surface area (Å²) in [5.74, 6) is 2.30. The van der Waals surface area contributed by atoms with Crippen molar-refractivity contribution in [3.8, 4) is 0 Å². The highest BCUT2D eigenvalue weighted by molar-refractivity contribution is 7.98. The van der Waals surface area contributed by atoms with Gasteiger partial charge in [0, 0.05) is 12.0 Å². The number of carbonyl (C=O) groups is 1. The number of H-pyrrole nitrogens is 1. The Morgan fingerprint density at radius 3 is 3.08 bits per heavy atom. The number of imidazole rings is 1. The lowest BCUT2D eigenvalue weighted by molar-refractivity contribution is -0.124. The molecule has 0 radical (unpaired) electrons. The highest BCUT2D eigenvalue weighted by Crippen LogP contribution is 2.32. The highest BCUT2D eigenvalue weighted by atomic mass is 32.2. The van der Waals surface area contributed by atoms with Gasteiger partial charge in [0.15, 0.2) is 0 Å². The number of fused-ring (bicyclic) bond motifs is 2. The first-order valence-corrected chi connectivity index (χ1v) is 10.4. The van der Waals surface area contributed by atoms with Gasteiger partial charge in [0.05, 0.1) is 17.1 Å². The van der Waals surface area contributed by atoms with Crippen molar-refractivity contribution in [2.24, 2.45) is 5.92 Å². The predicted octanol–water partition coefficient (Wildman–Crippen LogP) is 2.12. The largest absolute Gasteiger partial charge is 0.345 e. The molecule has 1 aliphatic carbocycles. The second kappa shape index (κ2) is 7.35. The number of nitrogens with zero attached hydrogens (tertiary/aromatic N) is 1. The number of thioether (sulfide) groups is 1. The van der Waals surface area contributed by atoms with Crippen molar-refractivity contribution in [3.63, 3.8) is 0 Å². The monoisotopic (exact) mass is 359 g/mol. The van der Waals surface area contributed by atoms with Gasteiger partial charge in [-0.05, 0) is 43.4 Å². The molecule has 1 aliphatic heterocycles. The van der Waals surface area contributed by atoms with Crippen LogP contribution >= 0.6 is 11.8 Å². The van der Waals surface area contributed by atoms with Crippen molar-refractivity contribution in [3.05, 3.63) is 30.1 Å². The number of nitrogens with one attached hydrogen (secondary N) is 4. The molecular weight excluding hydrogens is 334 g/mol. The molecule has 0 bridgehead atoms. The number of benzene rings is 1. The molecule has 0 spiro atoms. The molecule has 1 aromatic carbocycles. The molecule has 1 amide bonds. The molecule has 7 heteroatoms. The number of aromatic amines is 1. The van der Waals surface area contributed by atoms with Gasteiger partial charge in [-0.15, -0.1) is 0 Å². The van der Waals surface area contributed by atoms with E-state index in [0.717, 1.165) is 41.9 Å². The van der Waals surface area contributed by atoms with E-state index < -0.39 is 0 Å². The minimum Gasteiger partial charge on any atom is -0.345 e. The lowest BCUT2D eigenvalue weighted by Gasteiger charge is -2.21. The summed E-state index contributed by atoms with van der Waals surface area (Å²) in [6.07, 6.45) is 6.42. The molecular formula is C18H25N5OS. The SMILES string of the molecule is CSCCC(NC(=O)C1NNC2CCCC21)c1nc2ccccc2[nH]1. The second-order valence-corrected chi connectivity index (χ2v) is 7.94. The maximum absolute atomic E-state index is 12.9. The topological polar surface area (TPSA) is 81.8 Å². The maximum Gasteiger partial charge on any atom is 0.239 e. The Bertz CT molecular complexity index is 715. The van der Waals surface area contributed by atoms with E-state index in [1.54, 1.807) is 11.8 Å². The average molecular weight is 359 g/mol. The number of hydrogen-bond acceptors (Lipinski definition) is 5. The van der Waals surface area contributed by atoms with E-state index >= 15 is 0 Å². The van der Waals surface area contributed by atoms with Gasteiger partial charge in [-0.2, -0.15) is 11.8 Å². The molecule has 2 fully saturated rings. The van der Waals surface area contributed by atoms with E-state index in [1.807, 2.05) is 24.3 Å². The van der Waals surface area contributed by atoms with E-state index in [9.17, 15) is 4.79 Å². The summed E-state index contributed by atoms with van der Waals surface area (Å²) in [7, 11) is 0. The predicted molar refractivity (Wildman–Crippen MR) is 101 cm³/mol.